The zero-order valence-corrected chi connectivity index (χ0v) is 14.3. The molecular formula is C16H21ClN2O5. The Morgan fingerprint density at radius 3 is 2.71 bits per heavy atom. The summed E-state index contributed by atoms with van der Waals surface area (Å²) in [5, 5.41) is 10.9. The number of amides is 1. The average Bonchev–Trinajstić information content (AvgIpc) is 2.57. The summed E-state index contributed by atoms with van der Waals surface area (Å²) >= 11 is 6.03. The lowest BCUT2D eigenvalue weighted by molar-refractivity contribution is -0.384. The lowest BCUT2D eigenvalue weighted by Gasteiger charge is -2.31. The number of non-ortho nitro benzene ring substituents is 1. The Bertz CT molecular complexity index is 588. The van der Waals surface area contributed by atoms with Gasteiger partial charge in [-0.25, -0.2) is 4.79 Å². The van der Waals surface area contributed by atoms with Crippen molar-refractivity contribution in [3.05, 3.63) is 33.3 Å². The number of carbonyl (C=O) groups is 1. The average molecular weight is 357 g/mol. The number of nitro groups is 1. The molecule has 0 spiro atoms. The van der Waals surface area contributed by atoms with Gasteiger partial charge in [-0.3, -0.25) is 10.1 Å². The topological polar surface area (TPSA) is 81.9 Å². The molecule has 0 atom stereocenters. The number of benzene rings is 1. The molecule has 0 N–H and O–H groups in total. The summed E-state index contributed by atoms with van der Waals surface area (Å²) in [6.07, 6.45) is 2.81. The summed E-state index contributed by atoms with van der Waals surface area (Å²) in [6.45, 7) is 3.60. The van der Waals surface area contributed by atoms with Gasteiger partial charge in [0.15, 0.2) is 0 Å². The van der Waals surface area contributed by atoms with E-state index >= 15 is 0 Å². The Hall–Kier alpha value is -2.02. The molecule has 0 radical (unpaired) electrons. The first-order valence-electron chi connectivity index (χ1n) is 8.03. The predicted octanol–water partition coefficient (Wildman–Crippen LogP) is 4.03. The van der Waals surface area contributed by atoms with Crippen molar-refractivity contribution in [3.8, 4) is 5.75 Å². The number of nitrogens with zero attached hydrogens (tertiary/aromatic N) is 2. The van der Waals surface area contributed by atoms with Gasteiger partial charge in [0.25, 0.3) is 5.69 Å². The minimum Gasteiger partial charge on any atom is -0.489 e. The fourth-order valence-corrected chi connectivity index (χ4v) is 2.65. The highest BCUT2D eigenvalue weighted by Crippen LogP contribution is 2.30. The summed E-state index contributed by atoms with van der Waals surface area (Å²) < 4.78 is 11.0. The van der Waals surface area contributed by atoms with Crippen LogP contribution in [0.4, 0.5) is 10.5 Å². The highest BCUT2D eigenvalue weighted by Gasteiger charge is 2.25. The highest BCUT2D eigenvalue weighted by atomic mass is 35.5. The molecule has 8 heteroatoms. The third-order valence-electron chi connectivity index (χ3n) is 3.84. The van der Waals surface area contributed by atoms with Gasteiger partial charge in [-0.05, 0) is 12.5 Å². The summed E-state index contributed by atoms with van der Waals surface area (Å²) in [5.74, 6) is 0.422. The maximum Gasteiger partial charge on any atom is 0.409 e. The SMILES string of the molecule is CCCCOC(=O)N1CCC(Oc2ccc([N+](=O)[O-])cc2Cl)CC1. The van der Waals surface area contributed by atoms with Gasteiger partial charge in [-0.1, -0.05) is 24.9 Å². The van der Waals surface area contributed by atoms with E-state index in [-0.39, 0.29) is 22.9 Å². The molecule has 0 aliphatic carbocycles. The molecule has 1 fully saturated rings. The van der Waals surface area contributed by atoms with Crippen molar-refractivity contribution in [2.24, 2.45) is 0 Å². The van der Waals surface area contributed by atoms with Crippen molar-refractivity contribution in [2.75, 3.05) is 19.7 Å². The van der Waals surface area contributed by atoms with Crippen molar-refractivity contribution >= 4 is 23.4 Å². The number of rotatable bonds is 6. The molecule has 1 saturated heterocycles. The van der Waals surface area contributed by atoms with E-state index in [4.69, 9.17) is 21.1 Å². The van der Waals surface area contributed by atoms with Crippen LogP contribution in [-0.2, 0) is 4.74 Å². The van der Waals surface area contributed by atoms with Gasteiger partial charge in [0.1, 0.15) is 11.9 Å². The van der Waals surface area contributed by atoms with E-state index in [9.17, 15) is 14.9 Å². The first-order chi connectivity index (χ1) is 11.5. The van der Waals surface area contributed by atoms with Gasteiger partial charge in [0.2, 0.25) is 0 Å². The Balaban J connectivity index is 1.83. The van der Waals surface area contributed by atoms with E-state index in [1.807, 2.05) is 6.92 Å². The smallest absolute Gasteiger partial charge is 0.409 e. The summed E-state index contributed by atoms with van der Waals surface area (Å²) in [4.78, 5) is 23.7. The van der Waals surface area contributed by atoms with E-state index in [1.165, 1.54) is 18.2 Å². The van der Waals surface area contributed by atoms with Gasteiger partial charge < -0.3 is 14.4 Å². The molecule has 24 heavy (non-hydrogen) atoms. The van der Waals surface area contributed by atoms with E-state index in [2.05, 4.69) is 0 Å². The third-order valence-corrected chi connectivity index (χ3v) is 4.14. The number of nitro benzene ring substituents is 1. The number of unbranched alkanes of at least 4 members (excludes halogenated alkanes) is 1. The van der Waals surface area contributed by atoms with Gasteiger partial charge in [-0.15, -0.1) is 0 Å². The molecule has 132 valence electrons. The van der Waals surface area contributed by atoms with Crippen molar-refractivity contribution < 1.29 is 19.2 Å². The predicted molar refractivity (Wildman–Crippen MR) is 89.6 cm³/mol. The van der Waals surface area contributed by atoms with Crippen LogP contribution in [0.3, 0.4) is 0 Å². The molecule has 7 nitrogen and oxygen atoms in total. The molecule has 0 bridgehead atoms. The Kier molecular flexibility index (Phi) is 6.66. The van der Waals surface area contributed by atoms with Crippen LogP contribution in [0.15, 0.2) is 18.2 Å². The van der Waals surface area contributed by atoms with E-state index in [0.29, 0.717) is 38.3 Å². The molecule has 1 aliphatic heterocycles. The van der Waals surface area contributed by atoms with Crippen LogP contribution in [-0.4, -0.2) is 41.7 Å². The standard InChI is InChI=1S/C16H21ClN2O5/c1-2-3-10-23-16(20)18-8-6-13(7-9-18)24-15-5-4-12(19(21)22)11-14(15)17/h4-5,11,13H,2-3,6-10H2,1H3. The van der Waals surface area contributed by atoms with Gasteiger partial charge in [-0.2, -0.15) is 0 Å². The fourth-order valence-electron chi connectivity index (χ4n) is 2.43. The van der Waals surface area contributed by atoms with Crippen LogP contribution < -0.4 is 4.74 Å². The van der Waals surface area contributed by atoms with Crippen LogP contribution >= 0.6 is 11.6 Å². The molecule has 1 aromatic rings. The molecule has 1 aromatic carbocycles. The van der Waals surface area contributed by atoms with Crippen LogP contribution in [0.1, 0.15) is 32.6 Å². The monoisotopic (exact) mass is 356 g/mol. The highest BCUT2D eigenvalue weighted by molar-refractivity contribution is 6.32. The van der Waals surface area contributed by atoms with Gasteiger partial charge in [0, 0.05) is 38.1 Å². The molecule has 0 saturated carbocycles. The Morgan fingerprint density at radius 1 is 1.42 bits per heavy atom. The molecule has 1 aliphatic rings. The van der Waals surface area contributed by atoms with Crippen LogP contribution in [0, 0.1) is 10.1 Å². The number of likely N-dealkylation sites (tertiary alicyclic amines) is 1. The second kappa shape index (κ2) is 8.73. The van der Waals surface area contributed by atoms with E-state index in [1.54, 1.807) is 4.90 Å². The molecule has 1 amide bonds. The number of hydrogen-bond acceptors (Lipinski definition) is 5. The van der Waals surface area contributed by atoms with E-state index in [0.717, 1.165) is 12.8 Å². The first-order valence-corrected chi connectivity index (χ1v) is 8.41. The number of ether oxygens (including phenoxy) is 2. The minimum absolute atomic E-state index is 0.0722. The van der Waals surface area contributed by atoms with Crippen LogP contribution in [0.5, 0.6) is 5.75 Å². The van der Waals surface area contributed by atoms with Crippen LogP contribution in [0.2, 0.25) is 5.02 Å². The molecular weight excluding hydrogens is 336 g/mol. The molecule has 2 rings (SSSR count). The normalized spacial score (nSPS) is 15.2. The van der Waals surface area contributed by atoms with E-state index < -0.39 is 4.92 Å². The second-order valence-electron chi connectivity index (χ2n) is 5.64. The Morgan fingerprint density at radius 2 is 2.12 bits per heavy atom. The largest absolute Gasteiger partial charge is 0.489 e. The second-order valence-corrected chi connectivity index (χ2v) is 6.05. The molecule has 1 heterocycles. The zero-order chi connectivity index (χ0) is 17.5. The maximum atomic E-state index is 11.9. The quantitative estimate of drug-likeness (QED) is 0.436. The third kappa shape index (κ3) is 4.99. The molecule has 0 unspecified atom stereocenters. The first kappa shape index (κ1) is 18.3. The van der Waals surface area contributed by atoms with Gasteiger partial charge in [0.05, 0.1) is 16.6 Å². The maximum absolute atomic E-state index is 11.9. The minimum atomic E-state index is -0.502. The van der Waals surface area contributed by atoms with Crippen molar-refractivity contribution in [1.29, 1.82) is 0 Å². The van der Waals surface area contributed by atoms with Crippen LogP contribution in [0.25, 0.3) is 0 Å². The summed E-state index contributed by atoms with van der Waals surface area (Å²) in [5.41, 5.74) is -0.0722. The number of hydrogen-bond donors (Lipinski definition) is 0. The van der Waals surface area contributed by atoms with Crippen molar-refractivity contribution in [2.45, 2.75) is 38.7 Å². The lowest BCUT2D eigenvalue weighted by Crippen LogP contribution is -2.42. The van der Waals surface area contributed by atoms with Gasteiger partial charge >= 0.3 is 6.09 Å². The fraction of sp³-hybridized carbons (Fsp3) is 0.562. The number of halogens is 1. The summed E-state index contributed by atoms with van der Waals surface area (Å²) in [6, 6.07) is 4.14. The number of carbonyl (C=O) groups excluding carboxylic acids is 1. The number of piperidine rings is 1. The summed E-state index contributed by atoms with van der Waals surface area (Å²) in [7, 11) is 0. The van der Waals surface area contributed by atoms with Crippen molar-refractivity contribution in [1.82, 2.24) is 4.90 Å². The Labute approximate surface area is 145 Å². The van der Waals surface area contributed by atoms with Crippen molar-refractivity contribution in [3.63, 3.8) is 0 Å². The lowest BCUT2D eigenvalue weighted by atomic mass is 10.1. The molecule has 0 aromatic heterocycles. The zero-order valence-electron chi connectivity index (χ0n) is 13.6.